The zero-order valence-corrected chi connectivity index (χ0v) is 6.27. The Morgan fingerprint density at radius 1 is 1.20 bits per heavy atom. The molecule has 3 nitrogen and oxygen atoms in total. The van der Waals surface area contributed by atoms with Crippen LogP contribution in [0.3, 0.4) is 0 Å². The van der Waals surface area contributed by atoms with Gasteiger partial charge < -0.3 is 5.32 Å². The van der Waals surface area contributed by atoms with Crippen LogP contribution in [0.2, 0.25) is 0 Å². The maximum absolute atomic E-state index is 3.48. The Balaban J connectivity index is 1.93. The van der Waals surface area contributed by atoms with Gasteiger partial charge in [0, 0.05) is 13.1 Å². The topological polar surface area (TPSA) is 27.3 Å². The van der Waals surface area contributed by atoms with E-state index in [2.05, 4.69) is 15.8 Å². The van der Waals surface area contributed by atoms with Gasteiger partial charge in [-0.15, -0.1) is 0 Å². The van der Waals surface area contributed by atoms with E-state index in [4.69, 9.17) is 0 Å². The molecule has 0 bridgehead atoms. The summed E-state index contributed by atoms with van der Waals surface area (Å²) in [5, 5.41) is 5.82. The molecule has 1 unspecified atom stereocenters. The molecule has 2 heterocycles. The molecule has 2 fully saturated rings. The lowest BCUT2D eigenvalue weighted by molar-refractivity contribution is 0.0391. The van der Waals surface area contributed by atoms with Gasteiger partial charge in [-0.1, -0.05) is 0 Å². The molecule has 0 saturated carbocycles. The van der Waals surface area contributed by atoms with E-state index in [1.807, 2.05) is 0 Å². The quantitative estimate of drug-likeness (QED) is 0.493. The predicted octanol–water partition coefficient (Wildman–Crippen LogP) is -0.0938. The fraction of sp³-hybridized carbons (Fsp3) is 1.00. The zero-order chi connectivity index (χ0) is 6.81. The van der Waals surface area contributed by atoms with Gasteiger partial charge in [0.05, 0.1) is 6.17 Å². The monoisotopic (exact) mass is 141 g/mol. The maximum atomic E-state index is 3.48. The number of nitrogens with one attached hydrogen (secondary N) is 2. The van der Waals surface area contributed by atoms with Crippen molar-refractivity contribution < 1.29 is 0 Å². The fourth-order valence-corrected chi connectivity index (χ4v) is 1.75. The van der Waals surface area contributed by atoms with Crippen LogP contribution in [-0.4, -0.2) is 30.8 Å². The van der Waals surface area contributed by atoms with Gasteiger partial charge in [0.1, 0.15) is 0 Å². The van der Waals surface area contributed by atoms with E-state index in [0.717, 1.165) is 6.54 Å². The molecule has 0 spiro atoms. The Labute approximate surface area is 61.7 Å². The Morgan fingerprint density at radius 2 is 2.20 bits per heavy atom. The van der Waals surface area contributed by atoms with Crippen LogP contribution in [0.25, 0.3) is 0 Å². The number of rotatable bonds is 0. The lowest BCUT2D eigenvalue weighted by atomic mass is 10.1. The van der Waals surface area contributed by atoms with E-state index < -0.39 is 0 Å². The molecule has 0 aliphatic carbocycles. The molecule has 0 aromatic heterocycles. The van der Waals surface area contributed by atoms with Crippen molar-refractivity contribution in [1.29, 1.82) is 0 Å². The second-order valence-electron chi connectivity index (χ2n) is 3.07. The second kappa shape index (κ2) is 2.86. The summed E-state index contributed by atoms with van der Waals surface area (Å²) in [5.74, 6) is 0. The Bertz CT molecular complexity index is 89.4. The molecule has 2 aliphatic heterocycles. The van der Waals surface area contributed by atoms with Gasteiger partial charge in [0.2, 0.25) is 0 Å². The van der Waals surface area contributed by atoms with Crippen LogP contribution >= 0.6 is 0 Å². The number of fused-ring (bicyclic) bond motifs is 1. The third kappa shape index (κ3) is 1.17. The maximum Gasteiger partial charge on any atom is 0.0733 e. The van der Waals surface area contributed by atoms with Gasteiger partial charge in [-0.25, -0.2) is 5.01 Å². The van der Waals surface area contributed by atoms with Crippen molar-refractivity contribution in [2.45, 2.75) is 25.4 Å². The third-order valence-corrected chi connectivity index (χ3v) is 2.30. The molecule has 2 N–H and O–H groups in total. The number of nitrogens with zero attached hydrogens (tertiary/aromatic N) is 1. The summed E-state index contributed by atoms with van der Waals surface area (Å²) >= 11 is 0. The first-order valence-electron chi connectivity index (χ1n) is 4.20. The highest BCUT2D eigenvalue weighted by Crippen LogP contribution is 2.10. The standard InChI is InChI=1S/C7H15N3/c1-3-7-8-4-2-6-10(7)9-5-1/h7-9H,1-6H2. The lowest BCUT2D eigenvalue weighted by Crippen LogP contribution is -2.59. The normalized spacial score (nSPS) is 35.4. The minimum Gasteiger partial charge on any atom is -0.301 e. The molecular formula is C7H15N3. The first kappa shape index (κ1) is 6.58. The van der Waals surface area contributed by atoms with Crippen molar-refractivity contribution in [3.8, 4) is 0 Å². The van der Waals surface area contributed by atoms with Crippen LogP contribution in [0.1, 0.15) is 19.3 Å². The molecule has 0 aromatic rings. The summed E-state index contributed by atoms with van der Waals surface area (Å²) in [6, 6.07) is 0. The van der Waals surface area contributed by atoms with Gasteiger partial charge in [0.25, 0.3) is 0 Å². The summed E-state index contributed by atoms with van der Waals surface area (Å²) in [5.41, 5.74) is 3.39. The number of hydrazine groups is 1. The molecule has 2 saturated heterocycles. The molecule has 1 atom stereocenters. The number of hydrogen-bond donors (Lipinski definition) is 2. The highest BCUT2D eigenvalue weighted by atomic mass is 15.6. The van der Waals surface area contributed by atoms with Gasteiger partial charge in [-0.3, -0.25) is 5.43 Å². The highest BCUT2D eigenvalue weighted by Gasteiger charge is 2.23. The van der Waals surface area contributed by atoms with E-state index in [1.165, 1.54) is 32.4 Å². The molecule has 2 aliphatic rings. The Morgan fingerprint density at radius 3 is 3.10 bits per heavy atom. The Kier molecular flexibility index (Phi) is 1.88. The van der Waals surface area contributed by atoms with Crippen LogP contribution in [0.15, 0.2) is 0 Å². The van der Waals surface area contributed by atoms with E-state index in [-0.39, 0.29) is 0 Å². The van der Waals surface area contributed by atoms with E-state index in [9.17, 15) is 0 Å². The van der Waals surface area contributed by atoms with Crippen LogP contribution in [0.4, 0.5) is 0 Å². The summed E-state index contributed by atoms with van der Waals surface area (Å²) in [7, 11) is 0. The van der Waals surface area contributed by atoms with Crippen LogP contribution in [-0.2, 0) is 0 Å². The average Bonchev–Trinajstić information content (AvgIpc) is 2.05. The largest absolute Gasteiger partial charge is 0.301 e. The van der Waals surface area contributed by atoms with E-state index in [1.54, 1.807) is 0 Å². The zero-order valence-electron chi connectivity index (χ0n) is 6.27. The van der Waals surface area contributed by atoms with Crippen molar-refractivity contribution >= 4 is 0 Å². The molecule has 0 aromatic carbocycles. The smallest absolute Gasteiger partial charge is 0.0733 e. The van der Waals surface area contributed by atoms with Gasteiger partial charge in [-0.2, -0.15) is 0 Å². The van der Waals surface area contributed by atoms with E-state index in [0.29, 0.717) is 6.17 Å². The first-order valence-corrected chi connectivity index (χ1v) is 4.20. The van der Waals surface area contributed by atoms with Gasteiger partial charge in [0.15, 0.2) is 0 Å². The summed E-state index contributed by atoms with van der Waals surface area (Å²) in [6.45, 7) is 3.58. The van der Waals surface area contributed by atoms with Crippen molar-refractivity contribution in [1.82, 2.24) is 15.8 Å². The third-order valence-electron chi connectivity index (χ3n) is 2.30. The second-order valence-corrected chi connectivity index (χ2v) is 3.07. The van der Waals surface area contributed by atoms with Crippen LogP contribution < -0.4 is 10.7 Å². The van der Waals surface area contributed by atoms with E-state index >= 15 is 0 Å². The summed E-state index contributed by atoms with van der Waals surface area (Å²) in [4.78, 5) is 0. The summed E-state index contributed by atoms with van der Waals surface area (Å²) < 4.78 is 0. The lowest BCUT2D eigenvalue weighted by Gasteiger charge is -2.40. The summed E-state index contributed by atoms with van der Waals surface area (Å²) in [6.07, 6.45) is 4.53. The molecule has 3 heteroatoms. The minimum absolute atomic E-state index is 0.627. The van der Waals surface area contributed by atoms with Crippen molar-refractivity contribution in [2.75, 3.05) is 19.6 Å². The van der Waals surface area contributed by atoms with Gasteiger partial charge >= 0.3 is 0 Å². The number of hydrogen-bond acceptors (Lipinski definition) is 3. The SMILES string of the molecule is C1CNN2CCCNC2C1. The molecular weight excluding hydrogens is 126 g/mol. The van der Waals surface area contributed by atoms with Gasteiger partial charge in [-0.05, 0) is 25.8 Å². The van der Waals surface area contributed by atoms with Crippen LogP contribution in [0, 0.1) is 0 Å². The molecule has 58 valence electrons. The highest BCUT2D eigenvalue weighted by molar-refractivity contribution is 4.75. The van der Waals surface area contributed by atoms with Crippen LogP contribution in [0.5, 0.6) is 0 Å². The average molecular weight is 141 g/mol. The van der Waals surface area contributed by atoms with Crippen molar-refractivity contribution in [2.24, 2.45) is 0 Å². The van der Waals surface area contributed by atoms with Crippen molar-refractivity contribution in [3.05, 3.63) is 0 Å². The minimum atomic E-state index is 0.627. The predicted molar refractivity (Wildman–Crippen MR) is 40.4 cm³/mol. The molecule has 0 amide bonds. The Hall–Kier alpha value is -0.120. The van der Waals surface area contributed by atoms with Crippen molar-refractivity contribution in [3.63, 3.8) is 0 Å². The molecule has 0 radical (unpaired) electrons. The fourth-order valence-electron chi connectivity index (χ4n) is 1.75. The first-order chi connectivity index (χ1) is 4.97. The molecule has 2 rings (SSSR count). The molecule has 10 heavy (non-hydrogen) atoms.